The highest BCUT2D eigenvalue weighted by atomic mass is 19.4. The van der Waals surface area contributed by atoms with E-state index in [1.807, 2.05) is 7.05 Å². The minimum absolute atomic E-state index is 0.000503. The number of carbonyl (C=O) groups excluding carboxylic acids is 2. The lowest BCUT2D eigenvalue weighted by molar-refractivity contribution is -0.163. The summed E-state index contributed by atoms with van der Waals surface area (Å²) in [6.07, 6.45) is -6.40. The second-order valence-electron chi connectivity index (χ2n) is 16.6. The molecular weight excluding hydrogens is 949 g/mol. The molecule has 2 amide bonds. The van der Waals surface area contributed by atoms with E-state index in [-0.39, 0.29) is 51.4 Å². The van der Waals surface area contributed by atoms with E-state index in [4.69, 9.17) is 28.8 Å². The molecule has 2 heterocycles. The van der Waals surface area contributed by atoms with Crippen LogP contribution in [-0.2, 0) is 47.4 Å². The number of halogens is 8. The van der Waals surface area contributed by atoms with Crippen molar-refractivity contribution in [3.05, 3.63) is 82.5 Å². The van der Waals surface area contributed by atoms with Gasteiger partial charge in [-0.2, -0.15) is 30.7 Å². The predicted molar refractivity (Wildman–Crippen MR) is 235 cm³/mol. The number of hydrazine groups is 1. The van der Waals surface area contributed by atoms with Crippen molar-refractivity contribution in [2.75, 3.05) is 98.6 Å². The van der Waals surface area contributed by atoms with E-state index in [0.29, 0.717) is 76.8 Å². The van der Waals surface area contributed by atoms with Crippen LogP contribution in [0.5, 0.6) is 5.75 Å². The Bertz CT molecular complexity index is 2230. The SMILES string of the molecule is CN(CCCCC(O)CO)CCOCCOCCOCCOCCOc1ccc(CN2C(=O)C(C(=O)Nc3ccc(C(F)(F)F)cc3-c3cc(C(F)(F)F)ncn3)=C(O)C3(CCCC3)N2C)c(F)c1F. The number of ether oxygens (including phenoxy) is 5. The first-order valence-corrected chi connectivity index (χ1v) is 22.6. The van der Waals surface area contributed by atoms with Crippen LogP contribution in [0.15, 0.2) is 54.1 Å². The highest BCUT2D eigenvalue weighted by Crippen LogP contribution is 2.45. The maximum Gasteiger partial charge on any atom is 0.433 e. The molecule has 1 spiro atoms. The van der Waals surface area contributed by atoms with Crippen LogP contribution < -0.4 is 10.1 Å². The Labute approximate surface area is 399 Å². The molecule has 1 saturated carbocycles. The first-order valence-electron chi connectivity index (χ1n) is 22.6. The number of aliphatic hydroxyl groups is 3. The van der Waals surface area contributed by atoms with Crippen LogP contribution in [0.25, 0.3) is 11.3 Å². The van der Waals surface area contributed by atoms with Crippen molar-refractivity contribution in [3.8, 4) is 17.0 Å². The van der Waals surface area contributed by atoms with Gasteiger partial charge in [0.05, 0.1) is 94.6 Å². The minimum atomic E-state index is -5.01. The van der Waals surface area contributed by atoms with Crippen LogP contribution in [0, 0.1) is 11.6 Å². The largest absolute Gasteiger partial charge is 0.509 e. The molecule has 16 nitrogen and oxygen atoms in total. The number of alkyl halides is 6. The van der Waals surface area contributed by atoms with Gasteiger partial charge in [-0.3, -0.25) is 14.6 Å². The molecular formula is C46H58F8N6O10. The van der Waals surface area contributed by atoms with Crippen LogP contribution in [0.4, 0.5) is 40.8 Å². The number of likely N-dealkylation sites (N-methyl/N-ethyl adjacent to an activating group) is 2. The fraction of sp³-hybridized carbons (Fsp3) is 0.565. The monoisotopic (exact) mass is 1010 g/mol. The number of rotatable bonds is 27. The minimum Gasteiger partial charge on any atom is -0.509 e. The molecule has 0 saturated heterocycles. The molecule has 0 radical (unpaired) electrons. The van der Waals surface area contributed by atoms with Crippen molar-refractivity contribution < 1.29 is 83.7 Å². The van der Waals surface area contributed by atoms with E-state index in [0.717, 1.165) is 43.1 Å². The molecule has 1 aromatic heterocycles. The summed E-state index contributed by atoms with van der Waals surface area (Å²) in [4.78, 5) is 37.1. The highest BCUT2D eigenvalue weighted by Gasteiger charge is 2.53. The van der Waals surface area contributed by atoms with E-state index in [2.05, 4.69) is 20.2 Å². The predicted octanol–water partition coefficient (Wildman–Crippen LogP) is 6.31. The zero-order valence-electron chi connectivity index (χ0n) is 38.7. The number of anilines is 1. The van der Waals surface area contributed by atoms with Crippen LogP contribution >= 0.6 is 0 Å². The van der Waals surface area contributed by atoms with Gasteiger partial charge in [-0.15, -0.1) is 0 Å². The van der Waals surface area contributed by atoms with E-state index in [9.17, 15) is 46.1 Å². The van der Waals surface area contributed by atoms with Crippen molar-refractivity contribution in [2.24, 2.45) is 0 Å². The number of nitrogens with one attached hydrogen (secondary N) is 1. The van der Waals surface area contributed by atoms with Crippen molar-refractivity contribution >= 4 is 17.5 Å². The fourth-order valence-electron chi connectivity index (χ4n) is 7.90. The molecule has 1 aliphatic heterocycles. The van der Waals surface area contributed by atoms with Gasteiger partial charge in [0.2, 0.25) is 5.82 Å². The standard InChI is InChI=1S/C46H58F8N6O10/c1-58(14-6-3-7-32(62)28-61)15-16-66-17-18-67-19-20-68-21-22-69-23-24-70-36-11-8-30(39(47)40(36)48)27-60-43(65)38(41(63)44(59(60)2)12-4-5-13-44)42(64)57-34-10-9-31(45(49,50)51)25-33(34)35-26-37(46(52,53)54)56-29-55-35/h8-11,25-26,29,32,61-63H,3-7,12-24,27-28H2,1-2H3,(H,57,64). The van der Waals surface area contributed by atoms with Gasteiger partial charge in [0.1, 0.15) is 30.0 Å². The van der Waals surface area contributed by atoms with Crippen molar-refractivity contribution in [1.82, 2.24) is 24.9 Å². The molecule has 4 N–H and O–H groups in total. The number of aliphatic hydroxyl groups excluding tert-OH is 3. The summed E-state index contributed by atoms with van der Waals surface area (Å²) in [7, 11) is 3.40. The average molecular weight is 1010 g/mol. The van der Waals surface area contributed by atoms with E-state index in [1.54, 1.807) is 0 Å². The number of unbranched alkanes of at least 4 members (excludes halogenated alkanes) is 1. The molecule has 24 heteroatoms. The normalized spacial score (nSPS) is 16.0. The molecule has 1 unspecified atom stereocenters. The maximum atomic E-state index is 15.7. The first-order chi connectivity index (χ1) is 33.3. The van der Waals surface area contributed by atoms with Gasteiger partial charge in [0.15, 0.2) is 11.6 Å². The molecule has 388 valence electrons. The molecule has 0 bridgehead atoms. The number of nitrogens with zero attached hydrogens (tertiary/aromatic N) is 5. The lowest BCUT2D eigenvalue weighted by atomic mass is 9.88. The van der Waals surface area contributed by atoms with Crippen LogP contribution in [0.2, 0.25) is 0 Å². The number of carbonyl (C=O) groups is 2. The quantitative estimate of drug-likeness (QED) is 0.0378. The molecule has 1 atom stereocenters. The third kappa shape index (κ3) is 15.0. The van der Waals surface area contributed by atoms with Gasteiger partial charge in [-0.05, 0) is 76.0 Å². The second-order valence-corrected chi connectivity index (χ2v) is 16.6. The highest BCUT2D eigenvalue weighted by molar-refractivity contribution is 6.24. The Morgan fingerprint density at radius 3 is 2.09 bits per heavy atom. The van der Waals surface area contributed by atoms with Crippen molar-refractivity contribution in [2.45, 2.75) is 75.5 Å². The smallest absolute Gasteiger partial charge is 0.433 e. The van der Waals surface area contributed by atoms with Gasteiger partial charge in [-0.1, -0.05) is 18.9 Å². The molecule has 1 fully saturated rings. The summed E-state index contributed by atoms with van der Waals surface area (Å²) in [5, 5.41) is 34.4. The molecule has 1 aliphatic carbocycles. The number of aromatic nitrogens is 2. The molecule has 5 rings (SSSR count). The number of hydrogen-bond acceptors (Lipinski definition) is 14. The summed E-state index contributed by atoms with van der Waals surface area (Å²) in [5.41, 5.74) is -7.14. The van der Waals surface area contributed by atoms with E-state index < -0.39 is 99.3 Å². The van der Waals surface area contributed by atoms with E-state index in [1.165, 1.54) is 18.1 Å². The van der Waals surface area contributed by atoms with Crippen LogP contribution in [0.1, 0.15) is 61.8 Å². The molecule has 2 aromatic carbocycles. The fourth-order valence-corrected chi connectivity index (χ4v) is 7.90. The third-order valence-electron chi connectivity index (χ3n) is 11.8. The Balaban J connectivity index is 1.11. The van der Waals surface area contributed by atoms with Gasteiger partial charge in [0.25, 0.3) is 11.8 Å². The summed E-state index contributed by atoms with van der Waals surface area (Å²) in [5.74, 6) is -6.43. The van der Waals surface area contributed by atoms with Gasteiger partial charge in [0, 0.05) is 24.7 Å². The Morgan fingerprint density at radius 2 is 1.47 bits per heavy atom. The number of benzene rings is 2. The third-order valence-corrected chi connectivity index (χ3v) is 11.8. The second kappa shape index (κ2) is 25.9. The lowest BCUT2D eigenvalue weighted by Gasteiger charge is -2.48. The summed E-state index contributed by atoms with van der Waals surface area (Å²) in [6.45, 7) is 2.98. The Kier molecular flexibility index (Phi) is 20.6. The summed E-state index contributed by atoms with van der Waals surface area (Å²) in [6, 6.07) is 4.47. The number of hydrogen-bond donors (Lipinski definition) is 4. The molecule has 2 aliphatic rings. The summed E-state index contributed by atoms with van der Waals surface area (Å²) >= 11 is 0. The first kappa shape index (κ1) is 55.8. The van der Waals surface area contributed by atoms with Crippen molar-refractivity contribution in [3.63, 3.8) is 0 Å². The zero-order valence-corrected chi connectivity index (χ0v) is 38.7. The Hall–Kier alpha value is -5.08. The van der Waals surface area contributed by atoms with Gasteiger partial charge >= 0.3 is 12.4 Å². The van der Waals surface area contributed by atoms with Gasteiger partial charge < -0.3 is 49.2 Å². The van der Waals surface area contributed by atoms with E-state index >= 15 is 8.78 Å². The molecule has 3 aromatic rings. The zero-order chi connectivity index (χ0) is 51.1. The number of amides is 2. The summed E-state index contributed by atoms with van der Waals surface area (Å²) < 4.78 is 140. The average Bonchev–Trinajstić information content (AvgIpc) is 3.83. The molecule has 70 heavy (non-hydrogen) atoms. The van der Waals surface area contributed by atoms with Crippen molar-refractivity contribution in [1.29, 1.82) is 0 Å². The Morgan fingerprint density at radius 1 is 0.843 bits per heavy atom. The topological polar surface area (TPSA) is 189 Å². The lowest BCUT2D eigenvalue weighted by Crippen LogP contribution is -2.62. The van der Waals surface area contributed by atoms with Crippen LogP contribution in [-0.4, -0.2) is 157 Å². The maximum absolute atomic E-state index is 15.7. The van der Waals surface area contributed by atoms with Crippen LogP contribution in [0.3, 0.4) is 0 Å². The van der Waals surface area contributed by atoms with Gasteiger partial charge in [-0.25, -0.2) is 19.4 Å².